The highest BCUT2D eigenvalue weighted by molar-refractivity contribution is 6.34. The fourth-order valence-electron chi connectivity index (χ4n) is 3.11. The number of ether oxygens (including phenoxy) is 1. The average molecular weight is 471 g/mol. The molecule has 1 aliphatic rings. The standard InChI is InChI=1S/C18H10Cl2F6N2O2/c19-11-4-10(5-12(20)6-11)16(18(24,25)26)14(28-15(29)30-16)8-1-2-9(7-27)13(3-8)17(21,22)23/h1-6H,7,27H2. The number of carbonyl (C=O) groups is 1. The Morgan fingerprint density at radius 3 is 2.10 bits per heavy atom. The van der Waals surface area contributed by atoms with Crippen LogP contribution in [0.15, 0.2) is 41.4 Å². The van der Waals surface area contributed by atoms with Gasteiger partial charge in [-0.2, -0.15) is 31.3 Å². The molecule has 4 nitrogen and oxygen atoms in total. The highest BCUT2D eigenvalue weighted by atomic mass is 35.5. The highest BCUT2D eigenvalue weighted by Gasteiger charge is 2.66. The van der Waals surface area contributed by atoms with Crippen molar-refractivity contribution < 1.29 is 35.9 Å². The summed E-state index contributed by atoms with van der Waals surface area (Å²) in [6, 6.07) is 5.13. The number of benzene rings is 2. The minimum atomic E-state index is -5.31. The van der Waals surface area contributed by atoms with Crippen molar-refractivity contribution in [2.75, 3.05) is 0 Å². The maximum atomic E-state index is 14.3. The molecular formula is C18H10Cl2F6N2O2. The number of cyclic esters (lactones) is 1. The number of carbonyl (C=O) groups excluding carboxylic acids is 1. The van der Waals surface area contributed by atoms with Crippen LogP contribution in [0.25, 0.3) is 0 Å². The predicted molar refractivity (Wildman–Crippen MR) is 96.5 cm³/mol. The van der Waals surface area contributed by atoms with Crippen LogP contribution in [0, 0.1) is 0 Å². The van der Waals surface area contributed by atoms with Crippen LogP contribution >= 0.6 is 23.2 Å². The van der Waals surface area contributed by atoms with Gasteiger partial charge in [-0.1, -0.05) is 35.3 Å². The second-order valence-electron chi connectivity index (χ2n) is 6.24. The summed E-state index contributed by atoms with van der Waals surface area (Å²) in [6.45, 7) is -0.509. The predicted octanol–water partition coefficient (Wildman–Crippen LogP) is 5.87. The van der Waals surface area contributed by atoms with Gasteiger partial charge in [-0.15, -0.1) is 0 Å². The number of amides is 1. The van der Waals surface area contributed by atoms with E-state index in [1.54, 1.807) is 0 Å². The molecule has 2 N–H and O–H groups in total. The van der Waals surface area contributed by atoms with Crippen LogP contribution in [0.1, 0.15) is 22.3 Å². The van der Waals surface area contributed by atoms with Crippen LogP contribution in [-0.2, 0) is 23.1 Å². The molecule has 1 aliphatic heterocycles. The summed E-state index contributed by atoms with van der Waals surface area (Å²) in [6.07, 6.45) is -11.8. The van der Waals surface area contributed by atoms with E-state index in [1.165, 1.54) is 0 Å². The molecule has 0 spiro atoms. The third-order valence-corrected chi connectivity index (χ3v) is 4.79. The molecule has 3 rings (SSSR count). The molecule has 1 unspecified atom stereocenters. The van der Waals surface area contributed by atoms with Crippen LogP contribution in [-0.4, -0.2) is 18.0 Å². The molecule has 1 amide bonds. The van der Waals surface area contributed by atoms with E-state index in [2.05, 4.69) is 9.73 Å². The van der Waals surface area contributed by atoms with Gasteiger partial charge in [-0.3, -0.25) is 0 Å². The number of hydrogen-bond acceptors (Lipinski definition) is 3. The van der Waals surface area contributed by atoms with Crippen LogP contribution in [0.2, 0.25) is 10.0 Å². The average Bonchev–Trinajstić information content (AvgIpc) is 2.98. The number of nitrogens with two attached hydrogens (primary N) is 1. The quantitative estimate of drug-likeness (QED) is 0.570. The fraction of sp³-hybridized carbons (Fsp3) is 0.222. The number of hydrogen-bond donors (Lipinski definition) is 1. The van der Waals surface area contributed by atoms with Gasteiger partial charge >= 0.3 is 18.4 Å². The largest absolute Gasteiger partial charge is 0.438 e. The van der Waals surface area contributed by atoms with Gasteiger partial charge in [0.2, 0.25) is 0 Å². The Kier molecular flexibility index (Phi) is 5.55. The van der Waals surface area contributed by atoms with Gasteiger partial charge in [0.15, 0.2) is 0 Å². The van der Waals surface area contributed by atoms with Crippen molar-refractivity contribution in [1.82, 2.24) is 0 Å². The van der Waals surface area contributed by atoms with Gasteiger partial charge in [0.05, 0.1) is 5.56 Å². The van der Waals surface area contributed by atoms with E-state index in [1.807, 2.05) is 0 Å². The molecule has 0 aromatic heterocycles. The summed E-state index contributed by atoms with van der Waals surface area (Å²) in [5.41, 5.74) is -2.23. The van der Waals surface area contributed by atoms with E-state index in [0.29, 0.717) is 6.07 Å². The van der Waals surface area contributed by atoms with E-state index in [0.717, 1.165) is 30.3 Å². The zero-order valence-electron chi connectivity index (χ0n) is 14.5. The first-order valence-electron chi connectivity index (χ1n) is 8.05. The van der Waals surface area contributed by atoms with E-state index in [-0.39, 0.29) is 15.6 Å². The van der Waals surface area contributed by atoms with Crippen molar-refractivity contribution in [3.05, 3.63) is 68.7 Å². The van der Waals surface area contributed by atoms with E-state index < -0.39 is 53.0 Å². The lowest BCUT2D eigenvalue weighted by Gasteiger charge is -2.32. The van der Waals surface area contributed by atoms with Crippen molar-refractivity contribution in [2.24, 2.45) is 10.7 Å². The number of nitrogens with zero attached hydrogens (tertiary/aromatic N) is 1. The molecule has 30 heavy (non-hydrogen) atoms. The molecule has 0 radical (unpaired) electrons. The van der Waals surface area contributed by atoms with Crippen LogP contribution in [0.3, 0.4) is 0 Å². The Bertz CT molecular complexity index is 1030. The van der Waals surface area contributed by atoms with Crippen molar-refractivity contribution in [3.63, 3.8) is 0 Å². The minimum Gasteiger partial charge on any atom is -0.420 e. The Hall–Kier alpha value is -2.30. The molecule has 0 saturated carbocycles. The molecule has 12 heteroatoms. The van der Waals surface area contributed by atoms with Gasteiger partial charge in [0.1, 0.15) is 5.71 Å². The lowest BCUT2D eigenvalue weighted by Crippen LogP contribution is -2.49. The van der Waals surface area contributed by atoms with Gasteiger partial charge in [-0.05, 0) is 29.8 Å². The summed E-state index contributed by atoms with van der Waals surface area (Å²) < 4.78 is 87.5. The SMILES string of the molecule is NCc1ccc(C2=NC(=O)OC2(c2cc(Cl)cc(Cl)c2)C(F)(F)F)cc1C(F)(F)F. The Labute approximate surface area is 175 Å². The highest BCUT2D eigenvalue weighted by Crippen LogP contribution is 2.49. The lowest BCUT2D eigenvalue weighted by molar-refractivity contribution is -0.230. The molecule has 2 aromatic carbocycles. The summed E-state index contributed by atoms with van der Waals surface area (Å²) >= 11 is 11.6. The van der Waals surface area contributed by atoms with Gasteiger partial charge in [0, 0.05) is 27.7 Å². The lowest BCUT2D eigenvalue weighted by atomic mass is 9.83. The smallest absolute Gasteiger partial charge is 0.420 e. The second-order valence-corrected chi connectivity index (χ2v) is 7.11. The number of halogens is 8. The molecule has 0 fully saturated rings. The monoisotopic (exact) mass is 470 g/mol. The summed E-state index contributed by atoms with van der Waals surface area (Å²) in [5, 5.41) is -0.421. The first kappa shape index (κ1) is 22.4. The van der Waals surface area contributed by atoms with Crippen molar-refractivity contribution in [3.8, 4) is 0 Å². The summed E-state index contributed by atoms with van der Waals surface area (Å²) in [4.78, 5) is 15.1. The fourth-order valence-corrected chi connectivity index (χ4v) is 3.64. The van der Waals surface area contributed by atoms with E-state index >= 15 is 0 Å². The molecule has 1 heterocycles. The normalized spacial score (nSPS) is 19.6. The molecule has 0 aliphatic carbocycles. The maximum absolute atomic E-state index is 14.3. The molecule has 1 atom stereocenters. The van der Waals surface area contributed by atoms with Gasteiger partial charge in [-0.25, -0.2) is 4.79 Å². The Balaban J connectivity index is 2.32. The van der Waals surface area contributed by atoms with Crippen LogP contribution < -0.4 is 5.73 Å². The Morgan fingerprint density at radius 2 is 1.60 bits per heavy atom. The minimum absolute atomic E-state index is 0.210. The number of alkyl halides is 6. The maximum Gasteiger partial charge on any atom is 0.438 e. The van der Waals surface area contributed by atoms with Crippen molar-refractivity contribution >= 4 is 35.0 Å². The zero-order chi connectivity index (χ0) is 22.5. The topological polar surface area (TPSA) is 64.7 Å². The molecule has 0 saturated heterocycles. The van der Waals surface area contributed by atoms with Gasteiger partial charge < -0.3 is 10.5 Å². The van der Waals surface area contributed by atoms with Crippen molar-refractivity contribution in [2.45, 2.75) is 24.5 Å². The first-order valence-corrected chi connectivity index (χ1v) is 8.81. The second kappa shape index (κ2) is 7.44. The van der Waals surface area contributed by atoms with E-state index in [9.17, 15) is 31.1 Å². The Morgan fingerprint density at radius 1 is 1.00 bits per heavy atom. The third-order valence-electron chi connectivity index (χ3n) is 4.35. The summed E-state index contributed by atoms with van der Waals surface area (Å²) in [5.74, 6) is 0. The number of rotatable bonds is 3. The number of aliphatic imine (C=N–C) groups is 1. The van der Waals surface area contributed by atoms with Crippen molar-refractivity contribution in [1.29, 1.82) is 0 Å². The molecule has 0 bridgehead atoms. The van der Waals surface area contributed by atoms with E-state index in [4.69, 9.17) is 28.9 Å². The zero-order valence-corrected chi connectivity index (χ0v) is 16.0. The third kappa shape index (κ3) is 3.75. The van der Waals surface area contributed by atoms with Gasteiger partial charge in [0.25, 0.3) is 5.60 Å². The van der Waals surface area contributed by atoms with Crippen LogP contribution in [0.5, 0.6) is 0 Å². The first-order chi connectivity index (χ1) is 13.8. The molecule has 160 valence electrons. The van der Waals surface area contributed by atoms with Crippen LogP contribution in [0.4, 0.5) is 31.1 Å². The molecular weight excluding hydrogens is 461 g/mol. The summed E-state index contributed by atoms with van der Waals surface area (Å²) in [7, 11) is 0. The molecule has 2 aromatic rings.